The van der Waals surface area contributed by atoms with Gasteiger partial charge in [0.15, 0.2) is 0 Å². The van der Waals surface area contributed by atoms with Crippen LogP contribution >= 0.6 is 0 Å². The van der Waals surface area contributed by atoms with E-state index in [2.05, 4.69) is 4.18 Å². The highest BCUT2D eigenvalue weighted by atomic mass is 32.3. The van der Waals surface area contributed by atoms with Crippen LogP contribution in [0.3, 0.4) is 0 Å². The van der Waals surface area contributed by atoms with Crippen molar-refractivity contribution in [1.29, 1.82) is 0 Å². The Morgan fingerprint density at radius 3 is 2.41 bits per heavy atom. The third kappa shape index (κ3) is 6.37. The minimum atomic E-state index is -4.49. The van der Waals surface area contributed by atoms with Gasteiger partial charge in [0.2, 0.25) is 11.1 Å². The second-order valence-corrected chi connectivity index (χ2v) is 5.43. The summed E-state index contributed by atoms with van der Waals surface area (Å²) in [6.07, 6.45) is 0. The molecule has 0 spiro atoms. The lowest BCUT2D eigenvalue weighted by Gasteiger charge is -2.04. The predicted octanol–water partition coefficient (Wildman–Crippen LogP) is 0.857. The highest BCUT2D eigenvalue weighted by Gasteiger charge is 2.08. The van der Waals surface area contributed by atoms with E-state index in [1.54, 1.807) is 24.3 Å². The summed E-state index contributed by atoms with van der Waals surface area (Å²) in [5.41, 5.74) is 1.04. The second-order valence-electron chi connectivity index (χ2n) is 3.15. The fourth-order valence-corrected chi connectivity index (χ4v) is 1.98. The van der Waals surface area contributed by atoms with Crippen molar-refractivity contribution >= 4 is 21.5 Å². The molecule has 1 aromatic carbocycles. The molecule has 6 nitrogen and oxygen atoms in total. The van der Waals surface area contributed by atoms with Crippen molar-refractivity contribution in [3.63, 3.8) is 0 Å². The average Bonchev–Trinajstić information content (AvgIpc) is 2.19. The predicted molar refractivity (Wildman–Crippen MR) is 62.3 cm³/mol. The van der Waals surface area contributed by atoms with Gasteiger partial charge < -0.3 is 4.18 Å². The van der Waals surface area contributed by atoms with Gasteiger partial charge in [0.1, 0.15) is 5.75 Å². The van der Waals surface area contributed by atoms with Gasteiger partial charge in [-0.15, -0.1) is 0 Å². The zero-order valence-corrected chi connectivity index (χ0v) is 10.7. The number of rotatable bonds is 6. The van der Waals surface area contributed by atoms with Crippen molar-refractivity contribution in [3.05, 3.63) is 29.8 Å². The highest BCUT2D eigenvalue weighted by molar-refractivity contribution is 7.81. The molecule has 1 N–H and O–H groups in total. The Kier molecular flexibility index (Phi) is 5.06. The fraction of sp³-hybridized carbons (Fsp3) is 0.333. The van der Waals surface area contributed by atoms with Crippen molar-refractivity contribution in [1.82, 2.24) is 0 Å². The number of hydrogen-bond acceptors (Lipinski definition) is 5. The Morgan fingerprint density at radius 1 is 1.29 bits per heavy atom. The van der Waals surface area contributed by atoms with Crippen LogP contribution in [0.25, 0.3) is 0 Å². The van der Waals surface area contributed by atoms with Crippen LogP contribution in [0.4, 0.5) is 0 Å². The summed E-state index contributed by atoms with van der Waals surface area (Å²) in [5, 5.41) is 0. The van der Waals surface area contributed by atoms with Gasteiger partial charge in [0.25, 0.3) is 0 Å². The Balaban J connectivity index is 2.37. The quantitative estimate of drug-likeness (QED) is 0.777. The summed E-state index contributed by atoms with van der Waals surface area (Å²) in [4.78, 5) is 0. The van der Waals surface area contributed by atoms with E-state index in [4.69, 9.17) is 8.74 Å². The molecule has 0 fully saturated rings. The lowest BCUT2D eigenvalue weighted by Crippen LogP contribution is -2.14. The summed E-state index contributed by atoms with van der Waals surface area (Å²) < 4.78 is 49.0. The fourth-order valence-electron chi connectivity index (χ4n) is 0.950. The van der Waals surface area contributed by atoms with Gasteiger partial charge in [-0.25, -0.2) is 8.39 Å². The molecule has 0 aliphatic heterocycles. The van der Waals surface area contributed by atoms with Gasteiger partial charge in [0.05, 0.1) is 12.4 Å². The molecule has 0 heterocycles. The van der Waals surface area contributed by atoms with Crippen LogP contribution < -0.4 is 4.18 Å². The molecule has 0 radical (unpaired) electrons. The highest BCUT2D eigenvalue weighted by Crippen LogP contribution is 2.12. The first-order valence-corrected chi connectivity index (χ1v) is 7.23. The average molecular weight is 280 g/mol. The summed E-state index contributed by atoms with van der Waals surface area (Å²) >= 11 is -1.71. The zero-order valence-electron chi connectivity index (χ0n) is 9.03. The molecule has 1 rings (SSSR count). The monoisotopic (exact) mass is 280 g/mol. The zero-order chi connectivity index (χ0) is 12.9. The molecular formula is C9H12O6S2. The summed E-state index contributed by atoms with van der Waals surface area (Å²) in [6, 6.07) is 6.89. The second kappa shape index (κ2) is 6.10. The smallest absolute Gasteiger partial charge is 0.397 e. The molecule has 0 bridgehead atoms. The first-order chi connectivity index (χ1) is 7.87. The first kappa shape index (κ1) is 14.1. The molecule has 8 heteroatoms. The number of benzene rings is 1. The molecule has 0 aromatic heterocycles. The van der Waals surface area contributed by atoms with E-state index in [1.807, 2.05) is 6.92 Å². The van der Waals surface area contributed by atoms with Crippen LogP contribution in [0.5, 0.6) is 5.75 Å². The molecular weight excluding hydrogens is 268 g/mol. The van der Waals surface area contributed by atoms with Crippen molar-refractivity contribution in [2.24, 2.45) is 0 Å². The third-order valence-corrected chi connectivity index (χ3v) is 3.04. The van der Waals surface area contributed by atoms with E-state index in [0.717, 1.165) is 5.56 Å². The molecule has 1 unspecified atom stereocenters. The Bertz CT molecular complexity index is 479. The van der Waals surface area contributed by atoms with Gasteiger partial charge in [0, 0.05) is 0 Å². The van der Waals surface area contributed by atoms with Crippen LogP contribution in [0.15, 0.2) is 24.3 Å². The van der Waals surface area contributed by atoms with E-state index in [9.17, 15) is 12.6 Å². The summed E-state index contributed by atoms with van der Waals surface area (Å²) in [5.74, 6) is 0.258. The number of hydrogen-bond donors (Lipinski definition) is 1. The Hall–Kier alpha value is -0.960. The van der Waals surface area contributed by atoms with Gasteiger partial charge in [-0.3, -0.25) is 4.55 Å². The molecule has 1 atom stereocenters. The van der Waals surface area contributed by atoms with Crippen molar-refractivity contribution in [2.45, 2.75) is 6.92 Å². The topological polar surface area (TPSA) is 89.9 Å². The van der Waals surface area contributed by atoms with Gasteiger partial charge in [-0.05, 0) is 19.1 Å². The molecule has 96 valence electrons. The maximum Gasteiger partial charge on any atom is 0.397 e. The van der Waals surface area contributed by atoms with E-state index in [-0.39, 0.29) is 5.75 Å². The standard InChI is InChI=1S/C9H12O6S2/c1-8-2-4-9(5-3-8)15-16(10)7-6-14-17(11,12)13/h2-5H,6-7H2,1H3,(H,11,12,13). The van der Waals surface area contributed by atoms with E-state index in [1.165, 1.54) is 0 Å². The van der Waals surface area contributed by atoms with Crippen molar-refractivity contribution in [2.75, 3.05) is 12.4 Å². The molecule has 17 heavy (non-hydrogen) atoms. The summed E-state index contributed by atoms with van der Waals surface area (Å²) in [6.45, 7) is 1.50. The maximum absolute atomic E-state index is 11.3. The van der Waals surface area contributed by atoms with Crippen molar-refractivity contribution in [3.8, 4) is 5.75 Å². The minimum absolute atomic E-state index is 0.159. The van der Waals surface area contributed by atoms with Crippen LogP contribution in [-0.2, 0) is 25.7 Å². The van der Waals surface area contributed by atoms with E-state index in [0.29, 0.717) is 5.75 Å². The van der Waals surface area contributed by atoms with E-state index < -0.39 is 28.1 Å². The largest absolute Gasteiger partial charge is 0.400 e. The summed E-state index contributed by atoms with van der Waals surface area (Å²) in [7, 11) is -4.49. The Labute approximate surface area is 102 Å². The van der Waals surface area contributed by atoms with Gasteiger partial charge in [-0.2, -0.15) is 8.42 Å². The molecule has 0 amide bonds. The molecule has 0 saturated carbocycles. The number of aryl methyl sites for hydroxylation is 1. The lowest BCUT2D eigenvalue weighted by molar-refractivity contribution is 0.283. The van der Waals surface area contributed by atoms with Gasteiger partial charge >= 0.3 is 10.4 Å². The first-order valence-electron chi connectivity index (χ1n) is 4.62. The normalized spacial score (nSPS) is 13.3. The van der Waals surface area contributed by atoms with Crippen molar-refractivity contribution < 1.29 is 25.5 Å². The maximum atomic E-state index is 11.3. The Morgan fingerprint density at radius 2 is 1.88 bits per heavy atom. The van der Waals surface area contributed by atoms with Gasteiger partial charge in [-0.1, -0.05) is 17.7 Å². The van der Waals surface area contributed by atoms with Crippen LogP contribution in [0.2, 0.25) is 0 Å². The van der Waals surface area contributed by atoms with Crippen LogP contribution in [0, 0.1) is 6.92 Å². The van der Waals surface area contributed by atoms with Crippen LogP contribution in [-0.4, -0.2) is 29.5 Å². The molecule has 0 saturated heterocycles. The SMILES string of the molecule is Cc1ccc(OS(=O)CCOS(=O)(=O)O)cc1. The van der Waals surface area contributed by atoms with E-state index >= 15 is 0 Å². The lowest BCUT2D eigenvalue weighted by atomic mass is 10.2. The van der Waals surface area contributed by atoms with Crippen LogP contribution in [0.1, 0.15) is 5.56 Å². The molecule has 0 aliphatic rings. The molecule has 0 aliphatic carbocycles. The molecule has 1 aromatic rings. The third-order valence-electron chi connectivity index (χ3n) is 1.69. The minimum Gasteiger partial charge on any atom is -0.400 e.